The van der Waals surface area contributed by atoms with Gasteiger partial charge in [-0.1, -0.05) is 31.2 Å². The first-order valence-corrected chi connectivity index (χ1v) is 8.69. The number of aromatic nitrogens is 3. The molecule has 1 aromatic carbocycles. The third kappa shape index (κ3) is 2.96. The summed E-state index contributed by atoms with van der Waals surface area (Å²) in [7, 11) is 0. The molecule has 0 radical (unpaired) electrons. The van der Waals surface area contributed by atoms with Crippen LogP contribution >= 0.6 is 0 Å². The fourth-order valence-electron chi connectivity index (χ4n) is 3.59. The van der Waals surface area contributed by atoms with E-state index in [0.29, 0.717) is 0 Å². The molecule has 0 bridgehead atoms. The van der Waals surface area contributed by atoms with Gasteiger partial charge in [0.25, 0.3) is 0 Å². The van der Waals surface area contributed by atoms with Gasteiger partial charge in [0.2, 0.25) is 0 Å². The first-order chi connectivity index (χ1) is 11.8. The molecular weight excluding hydrogens is 296 g/mol. The van der Waals surface area contributed by atoms with Crippen molar-refractivity contribution in [1.82, 2.24) is 15.2 Å². The van der Waals surface area contributed by atoms with E-state index < -0.39 is 0 Å². The van der Waals surface area contributed by atoms with Crippen LogP contribution in [0.5, 0.6) is 0 Å². The second-order valence-corrected chi connectivity index (χ2v) is 6.74. The highest BCUT2D eigenvalue weighted by Gasteiger charge is 2.20. The topological polar surface area (TPSA) is 41.9 Å². The van der Waals surface area contributed by atoms with Gasteiger partial charge in [0.1, 0.15) is 0 Å². The van der Waals surface area contributed by atoms with Crippen molar-refractivity contribution in [3.05, 3.63) is 60.0 Å². The molecule has 3 heterocycles. The normalized spacial score (nSPS) is 18.0. The van der Waals surface area contributed by atoms with Gasteiger partial charge in [-0.15, -0.1) is 5.10 Å². The summed E-state index contributed by atoms with van der Waals surface area (Å²) in [6.45, 7) is 4.47. The molecule has 1 saturated heterocycles. The number of rotatable bonds is 3. The molecule has 1 atom stereocenters. The summed E-state index contributed by atoms with van der Waals surface area (Å²) in [5.74, 6) is 1.76. The van der Waals surface area contributed by atoms with Gasteiger partial charge in [-0.05, 0) is 36.5 Å². The molecule has 0 aliphatic carbocycles. The van der Waals surface area contributed by atoms with E-state index in [9.17, 15) is 0 Å². The molecule has 3 aromatic rings. The Bertz CT molecular complexity index is 831. The summed E-state index contributed by atoms with van der Waals surface area (Å²) in [4.78, 5) is 6.49. The van der Waals surface area contributed by atoms with E-state index in [1.807, 2.05) is 24.5 Å². The van der Waals surface area contributed by atoms with E-state index in [4.69, 9.17) is 0 Å². The highest BCUT2D eigenvalue weighted by molar-refractivity contribution is 5.93. The van der Waals surface area contributed by atoms with Crippen LogP contribution in [0.1, 0.15) is 31.0 Å². The van der Waals surface area contributed by atoms with E-state index in [2.05, 4.69) is 51.3 Å². The third-order valence-corrected chi connectivity index (χ3v) is 4.82. The molecule has 24 heavy (non-hydrogen) atoms. The lowest BCUT2D eigenvalue weighted by Gasteiger charge is -2.32. The zero-order chi connectivity index (χ0) is 16.4. The largest absolute Gasteiger partial charge is 0.354 e. The van der Waals surface area contributed by atoms with Crippen molar-refractivity contribution in [1.29, 1.82) is 0 Å². The maximum absolute atomic E-state index is 4.62. The Morgan fingerprint density at radius 1 is 1.04 bits per heavy atom. The minimum absolute atomic E-state index is 0.718. The standard InChI is InChI=1S/C20H22N4/c1-15-5-4-12-24(14-15)20-18-7-3-2-6-17(18)19(22-23-20)13-16-8-10-21-11-9-16/h2-3,6-11,15H,4-5,12-14H2,1H3/t15-/m0/s1. The summed E-state index contributed by atoms with van der Waals surface area (Å²) in [5.41, 5.74) is 2.24. The Kier molecular flexibility index (Phi) is 4.11. The molecule has 4 nitrogen and oxygen atoms in total. The molecular formula is C20H22N4. The lowest BCUT2D eigenvalue weighted by molar-refractivity contribution is 0.444. The van der Waals surface area contributed by atoms with Crippen LogP contribution in [0.25, 0.3) is 10.8 Å². The van der Waals surface area contributed by atoms with E-state index in [1.165, 1.54) is 29.2 Å². The van der Waals surface area contributed by atoms with Gasteiger partial charge in [0.05, 0.1) is 5.69 Å². The van der Waals surface area contributed by atoms with Gasteiger partial charge >= 0.3 is 0 Å². The first-order valence-electron chi connectivity index (χ1n) is 8.69. The van der Waals surface area contributed by atoms with Crippen LogP contribution < -0.4 is 4.90 Å². The van der Waals surface area contributed by atoms with E-state index >= 15 is 0 Å². The molecule has 4 heteroatoms. The first kappa shape index (κ1) is 15.1. The van der Waals surface area contributed by atoms with Crippen molar-refractivity contribution >= 4 is 16.6 Å². The maximum Gasteiger partial charge on any atom is 0.159 e. The van der Waals surface area contributed by atoms with Crippen LogP contribution in [0, 0.1) is 5.92 Å². The molecule has 0 amide bonds. The van der Waals surface area contributed by atoms with Gasteiger partial charge < -0.3 is 4.90 Å². The van der Waals surface area contributed by atoms with Crippen LogP contribution in [-0.4, -0.2) is 28.3 Å². The molecule has 0 N–H and O–H groups in total. The minimum Gasteiger partial charge on any atom is -0.354 e. The van der Waals surface area contributed by atoms with Crippen LogP contribution in [0.3, 0.4) is 0 Å². The van der Waals surface area contributed by atoms with Gasteiger partial charge in [-0.25, -0.2) is 0 Å². The van der Waals surface area contributed by atoms with Gasteiger partial charge in [-0.3, -0.25) is 4.98 Å². The number of benzene rings is 1. The van der Waals surface area contributed by atoms with Crippen molar-refractivity contribution in [2.75, 3.05) is 18.0 Å². The predicted octanol–water partition coefficient (Wildman–Crippen LogP) is 3.85. The van der Waals surface area contributed by atoms with Gasteiger partial charge in [0.15, 0.2) is 5.82 Å². The lowest BCUT2D eigenvalue weighted by atomic mass is 9.99. The molecule has 0 saturated carbocycles. The second kappa shape index (κ2) is 6.56. The van der Waals surface area contributed by atoms with Crippen LogP contribution in [-0.2, 0) is 6.42 Å². The van der Waals surface area contributed by atoms with E-state index in [-0.39, 0.29) is 0 Å². The van der Waals surface area contributed by atoms with Crippen molar-refractivity contribution < 1.29 is 0 Å². The Balaban J connectivity index is 1.74. The van der Waals surface area contributed by atoms with Crippen LogP contribution in [0.15, 0.2) is 48.8 Å². The zero-order valence-corrected chi connectivity index (χ0v) is 14.0. The number of anilines is 1. The summed E-state index contributed by atoms with van der Waals surface area (Å²) in [6, 6.07) is 12.6. The maximum atomic E-state index is 4.62. The highest BCUT2D eigenvalue weighted by Crippen LogP contribution is 2.29. The predicted molar refractivity (Wildman–Crippen MR) is 97.2 cm³/mol. The van der Waals surface area contributed by atoms with Crippen molar-refractivity contribution in [2.24, 2.45) is 5.92 Å². The minimum atomic E-state index is 0.718. The van der Waals surface area contributed by atoms with Crippen LogP contribution in [0.4, 0.5) is 5.82 Å². The second-order valence-electron chi connectivity index (χ2n) is 6.74. The number of nitrogens with zero attached hydrogens (tertiary/aromatic N) is 4. The number of hydrogen-bond acceptors (Lipinski definition) is 4. The number of fused-ring (bicyclic) bond motifs is 1. The molecule has 2 aromatic heterocycles. The Labute approximate surface area is 142 Å². The summed E-state index contributed by atoms with van der Waals surface area (Å²) >= 11 is 0. The Hall–Kier alpha value is -2.49. The summed E-state index contributed by atoms with van der Waals surface area (Å²) in [6.07, 6.45) is 6.98. The van der Waals surface area contributed by atoms with Gasteiger partial charge in [-0.2, -0.15) is 5.10 Å². The monoisotopic (exact) mass is 318 g/mol. The van der Waals surface area contributed by atoms with Crippen molar-refractivity contribution in [3.63, 3.8) is 0 Å². The third-order valence-electron chi connectivity index (χ3n) is 4.82. The average Bonchev–Trinajstić information content (AvgIpc) is 2.63. The fourth-order valence-corrected chi connectivity index (χ4v) is 3.59. The quantitative estimate of drug-likeness (QED) is 0.735. The molecule has 0 spiro atoms. The average molecular weight is 318 g/mol. The van der Waals surface area contributed by atoms with Gasteiger partial charge in [0, 0.05) is 42.7 Å². The van der Waals surface area contributed by atoms with E-state index in [1.54, 1.807) is 0 Å². The lowest BCUT2D eigenvalue weighted by Crippen LogP contribution is -2.35. The number of piperidine rings is 1. The molecule has 1 aliphatic rings. The van der Waals surface area contributed by atoms with Crippen molar-refractivity contribution in [2.45, 2.75) is 26.2 Å². The highest BCUT2D eigenvalue weighted by atomic mass is 15.3. The zero-order valence-electron chi connectivity index (χ0n) is 14.0. The molecule has 0 unspecified atom stereocenters. The number of pyridine rings is 1. The molecule has 4 rings (SSSR count). The number of hydrogen-bond donors (Lipinski definition) is 0. The van der Waals surface area contributed by atoms with Crippen LogP contribution in [0.2, 0.25) is 0 Å². The fraction of sp³-hybridized carbons (Fsp3) is 0.350. The van der Waals surface area contributed by atoms with Crippen molar-refractivity contribution in [3.8, 4) is 0 Å². The molecule has 122 valence electrons. The Morgan fingerprint density at radius 2 is 1.83 bits per heavy atom. The Morgan fingerprint density at radius 3 is 2.62 bits per heavy atom. The smallest absolute Gasteiger partial charge is 0.159 e. The SMILES string of the molecule is C[C@H]1CCCN(c2nnc(Cc3ccncc3)c3ccccc23)C1. The molecule has 1 fully saturated rings. The molecule has 1 aliphatic heterocycles. The summed E-state index contributed by atoms with van der Waals surface area (Å²) in [5, 5.41) is 11.6. The summed E-state index contributed by atoms with van der Waals surface area (Å²) < 4.78 is 0. The van der Waals surface area contributed by atoms with E-state index in [0.717, 1.165) is 36.9 Å².